The molecule has 0 aliphatic carbocycles. The lowest BCUT2D eigenvalue weighted by molar-refractivity contribution is -0.114. The topological polar surface area (TPSA) is 127 Å². The van der Waals surface area contributed by atoms with Crippen LogP contribution in [0.15, 0.2) is 22.5 Å². The molecule has 1 aromatic carbocycles. The molecule has 1 amide bonds. The Morgan fingerprint density at radius 1 is 1.32 bits per heavy atom. The Labute approximate surface area is 152 Å². The molecule has 0 saturated heterocycles. The molecule has 0 aliphatic heterocycles. The highest BCUT2D eigenvalue weighted by atomic mass is 35.5. The predicted molar refractivity (Wildman–Crippen MR) is 92.4 cm³/mol. The van der Waals surface area contributed by atoms with Crippen LogP contribution >= 0.6 is 22.9 Å². The van der Waals surface area contributed by atoms with Gasteiger partial charge < -0.3 is 10.1 Å². The smallest absolute Gasteiger partial charge is 0.339 e. The molecule has 0 saturated carbocycles. The quantitative estimate of drug-likeness (QED) is 0.557. The third-order valence-corrected chi connectivity index (χ3v) is 5.55. The van der Waals surface area contributed by atoms with Crippen LogP contribution in [0.5, 0.6) is 0 Å². The van der Waals surface area contributed by atoms with Crippen LogP contribution in [0, 0.1) is 0 Å². The maximum absolute atomic E-state index is 12.3. The van der Waals surface area contributed by atoms with Gasteiger partial charge in [-0.15, -0.1) is 10.2 Å². The minimum atomic E-state index is -4.05. The zero-order chi connectivity index (χ0) is 18.6. The number of hydrogen-bond donors (Lipinski definition) is 2. The lowest BCUT2D eigenvalue weighted by Gasteiger charge is -2.08. The van der Waals surface area contributed by atoms with Crippen LogP contribution in [0.4, 0.5) is 10.8 Å². The third-order valence-electron chi connectivity index (χ3n) is 2.63. The van der Waals surface area contributed by atoms with E-state index in [2.05, 4.69) is 20.2 Å². The van der Waals surface area contributed by atoms with Gasteiger partial charge in [0, 0.05) is 12.6 Å². The highest BCUT2D eigenvalue weighted by Gasteiger charge is 2.22. The summed E-state index contributed by atoms with van der Waals surface area (Å²) in [4.78, 5) is 22.8. The minimum Gasteiger partial charge on any atom is -0.462 e. The second kappa shape index (κ2) is 7.76. The van der Waals surface area contributed by atoms with E-state index in [-0.39, 0.29) is 32.4 Å². The molecule has 9 nitrogen and oxygen atoms in total. The SMILES string of the molecule is CCOC(=O)c1cc(NS(=O)(=O)c2nnc(NC(C)=O)s2)ccc1Cl. The number of carbonyl (C=O) groups excluding carboxylic acids is 2. The van der Waals surface area contributed by atoms with Crippen LogP contribution in [-0.4, -0.2) is 37.1 Å². The molecule has 0 aliphatic rings. The van der Waals surface area contributed by atoms with E-state index in [1.165, 1.54) is 25.1 Å². The number of esters is 1. The Kier molecular flexibility index (Phi) is 5.93. The molecule has 134 valence electrons. The van der Waals surface area contributed by atoms with E-state index in [9.17, 15) is 18.0 Å². The molecule has 2 N–H and O–H groups in total. The van der Waals surface area contributed by atoms with Gasteiger partial charge in [-0.05, 0) is 25.1 Å². The maximum atomic E-state index is 12.3. The average Bonchev–Trinajstić information content (AvgIpc) is 2.98. The number of rotatable bonds is 6. The van der Waals surface area contributed by atoms with Crippen molar-refractivity contribution in [3.63, 3.8) is 0 Å². The van der Waals surface area contributed by atoms with Gasteiger partial charge in [0.2, 0.25) is 11.0 Å². The van der Waals surface area contributed by atoms with Gasteiger partial charge in [0.05, 0.1) is 17.2 Å². The van der Waals surface area contributed by atoms with Crippen molar-refractivity contribution in [3.8, 4) is 0 Å². The molecule has 1 heterocycles. The van der Waals surface area contributed by atoms with Crippen molar-refractivity contribution in [2.75, 3.05) is 16.6 Å². The van der Waals surface area contributed by atoms with Crippen LogP contribution in [0.1, 0.15) is 24.2 Å². The number of ether oxygens (including phenoxy) is 1. The number of nitrogens with one attached hydrogen (secondary N) is 2. The Morgan fingerprint density at radius 2 is 2.04 bits per heavy atom. The van der Waals surface area contributed by atoms with E-state index < -0.39 is 21.9 Å². The number of nitrogens with zero attached hydrogens (tertiary/aromatic N) is 2. The summed E-state index contributed by atoms with van der Waals surface area (Å²) in [6.07, 6.45) is 0. The molecule has 0 fully saturated rings. The number of anilines is 2. The normalized spacial score (nSPS) is 11.0. The number of benzene rings is 1. The van der Waals surface area contributed by atoms with Crippen LogP contribution in [0.3, 0.4) is 0 Å². The zero-order valence-electron chi connectivity index (χ0n) is 13.1. The molecule has 2 rings (SSSR count). The number of carbonyl (C=O) groups is 2. The average molecular weight is 405 g/mol. The van der Waals surface area contributed by atoms with Crippen LogP contribution in [0.25, 0.3) is 0 Å². The zero-order valence-corrected chi connectivity index (χ0v) is 15.5. The highest BCUT2D eigenvalue weighted by Crippen LogP contribution is 2.25. The van der Waals surface area contributed by atoms with Gasteiger partial charge in [0.25, 0.3) is 14.4 Å². The second-order valence-corrected chi connectivity index (χ2v) is 7.82. The Morgan fingerprint density at radius 3 is 2.68 bits per heavy atom. The van der Waals surface area contributed by atoms with Gasteiger partial charge in [-0.1, -0.05) is 22.9 Å². The number of sulfonamides is 1. The van der Waals surface area contributed by atoms with Crippen LogP contribution in [0.2, 0.25) is 5.02 Å². The Hall–Kier alpha value is -2.24. The predicted octanol–water partition coefficient (Wildman–Crippen LogP) is 2.13. The largest absolute Gasteiger partial charge is 0.462 e. The van der Waals surface area contributed by atoms with Gasteiger partial charge in [-0.25, -0.2) is 4.79 Å². The molecular weight excluding hydrogens is 392 g/mol. The minimum absolute atomic E-state index is 0.0277. The van der Waals surface area contributed by atoms with Crippen molar-refractivity contribution in [2.45, 2.75) is 18.2 Å². The van der Waals surface area contributed by atoms with Gasteiger partial charge in [0.1, 0.15) is 0 Å². The first-order valence-corrected chi connectivity index (χ1v) is 9.51. The van der Waals surface area contributed by atoms with E-state index >= 15 is 0 Å². The first-order chi connectivity index (χ1) is 11.7. The standard InChI is InChI=1S/C13H13ClN4O5S2/c1-3-23-11(20)9-6-8(4-5-10(9)14)18-25(21,22)13-17-16-12(24-13)15-7(2)19/h4-6,18H,3H2,1-2H3,(H,15,16,19). The monoisotopic (exact) mass is 404 g/mol. The van der Waals surface area contributed by atoms with Crippen LogP contribution in [-0.2, 0) is 19.6 Å². The first kappa shape index (κ1) is 19.1. The Balaban J connectivity index is 2.25. The molecule has 12 heteroatoms. The van der Waals surface area contributed by atoms with Crippen molar-refractivity contribution in [3.05, 3.63) is 28.8 Å². The number of aromatic nitrogens is 2. The van der Waals surface area contributed by atoms with Gasteiger partial charge in [0.15, 0.2) is 0 Å². The Bertz CT molecular complexity index is 913. The van der Waals surface area contributed by atoms with Gasteiger partial charge in [-0.3, -0.25) is 9.52 Å². The van der Waals surface area contributed by atoms with Crippen molar-refractivity contribution >= 4 is 55.7 Å². The first-order valence-electron chi connectivity index (χ1n) is 6.83. The van der Waals surface area contributed by atoms with E-state index in [0.29, 0.717) is 11.3 Å². The molecule has 1 aromatic heterocycles. The molecule has 25 heavy (non-hydrogen) atoms. The summed E-state index contributed by atoms with van der Waals surface area (Å²) in [5.41, 5.74) is 0.128. The summed E-state index contributed by atoms with van der Waals surface area (Å²) in [5.74, 6) is -1.07. The number of halogens is 1. The summed E-state index contributed by atoms with van der Waals surface area (Å²) in [7, 11) is -4.05. The summed E-state index contributed by atoms with van der Waals surface area (Å²) >= 11 is 6.62. The van der Waals surface area contributed by atoms with E-state index in [0.717, 1.165) is 0 Å². The number of hydrogen-bond acceptors (Lipinski definition) is 8. The molecule has 0 radical (unpaired) electrons. The van der Waals surface area contributed by atoms with Gasteiger partial charge in [-0.2, -0.15) is 8.42 Å². The molecule has 0 bridgehead atoms. The van der Waals surface area contributed by atoms with Crippen molar-refractivity contribution in [2.24, 2.45) is 0 Å². The molecule has 0 unspecified atom stereocenters. The molecule has 0 spiro atoms. The van der Waals surface area contributed by atoms with E-state index in [4.69, 9.17) is 16.3 Å². The lowest BCUT2D eigenvalue weighted by Crippen LogP contribution is -2.14. The molecular formula is C13H13ClN4O5S2. The fourth-order valence-electron chi connectivity index (χ4n) is 1.67. The van der Waals surface area contributed by atoms with E-state index in [1.54, 1.807) is 6.92 Å². The summed E-state index contributed by atoms with van der Waals surface area (Å²) in [5, 5.41) is 9.62. The summed E-state index contributed by atoms with van der Waals surface area (Å²) < 4.78 is 31.4. The fraction of sp³-hybridized carbons (Fsp3) is 0.231. The van der Waals surface area contributed by atoms with Crippen LogP contribution < -0.4 is 10.0 Å². The highest BCUT2D eigenvalue weighted by molar-refractivity contribution is 7.94. The molecule has 0 atom stereocenters. The summed E-state index contributed by atoms with van der Waals surface area (Å²) in [6, 6.07) is 4.01. The van der Waals surface area contributed by atoms with Crippen molar-refractivity contribution < 1.29 is 22.7 Å². The van der Waals surface area contributed by atoms with Crippen molar-refractivity contribution in [1.82, 2.24) is 10.2 Å². The summed E-state index contributed by atoms with van der Waals surface area (Å²) in [6.45, 7) is 3.06. The van der Waals surface area contributed by atoms with Gasteiger partial charge >= 0.3 is 5.97 Å². The van der Waals surface area contributed by atoms with E-state index in [1.807, 2.05) is 0 Å². The van der Waals surface area contributed by atoms with Crippen molar-refractivity contribution in [1.29, 1.82) is 0 Å². The fourth-order valence-corrected chi connectivity index (χ4v) is 3.86. The number of amides is 1. The lowest BCUT2D eigenvalue weighted by atomic mass is 10.2. The maximum Gasteiger partial charge on any atom is 0.339 e. The molecule has 2 aromatic rings. The third kappa shape index (κ3) is 4.87. The second-order valence-electron chi connectivity index (χ2n) is 4.57.